The molecule has 4 heteroatoms. The van der Waals surface area contributed by atoms with Crippen LogP contribution in [0.4, 0.5) is 5.69 Å². The van der Waals surface area contributed by atoms with Gasteiger partial charge in [0.1, 0.15) is 0 Å². The molecule has 0 saturated heterocycles. The number of hydrogen-bond acceptors (Lipinski definition) is 2. The minimum atomic E-state index is -0.139. The van der Waals surface area contributed by atoms with Crippen molar-refractivity contribution in [3.63, 3.8) is 0 Å². The summed E-state index contributed by atoms with van der Waals surface area (Å²) in [6.07, 6.45) is 5.64. The first kappa shape index (κ1) is 13.4. The van der Waals surface area contributed by atoms with Gasteiger partial charge in [0.15, 0.2) is 0 Å². The van der Waals surface area contributed by atoms with Crippen molar-refractivity contribution in [2.75, 3.05) is 5.32 Å². The predicted molar refractivity (Wildman–Crippen MR) is 86.8 cm³/mol. The molecule has 18 heavy (non-hydrogen) atoms. The first-order valence-electron chi connectivity index (χ1n) is 5.58. The number of benzene rings is 1. The SMILES string of the molecule is CC1C=CC=C(C(=O)Nc2ccccc2I)C1=S. The molecule has 0 spiro atoms. The molecule has 1 aliphatic carbocycles. The fraction of sp³-hybridized carbons (Fsp3) is 0.143. The van der Waals surface area contributed by atoms with Crippen molar-refractivity contribution in [1.82, 2.24) is 0 Å². The number of carbonyl (C=O) groups excluding carboxylic acids is 1. The van der Waals surface area contributed by atoms with Crippen molar-refractivity contribution in [3.8, 4) is 0 Å². The van der Waals surface area contributed by atoms with Gasteiger partial charge in [0, 0.05) is 14.4 Å². The summed E-state index contributed by atoms with van der Waals surface area (Å²) >= 11 is 7.49. The maximum absolute atomic E-state index is 12.2. The Morgan fingerprint density at radius 2 is 2.11 bits per heavy atom. The van der Waals surface area contributed by atoms with E-state index >= 15 is 0 Å². The Balaban J connectivity index is 2.19. The molecule has 0 aromatic heterocycles. The molecular weight excluding hydrogens is 357 g/mol. The molecule has 92 valence electrons. The minimum absolute atomic E-state index is 0.139. The van der Waals surface area contributed by atoms with Gasteiger partial charge in [-0.25, -0.2) is 0 Å². The maximum Gasteiger partial charge on any atom is 0.256 e. The van der Waals surface area contributed by atoms with Crippen molar-refractivity contribution < 1.29 is 4.79 Å². The molecular formula is C14H12INOS. The highest BCUT2D eigenvalue weighted by atomic mass is 127. The molecule has 2 nitrogen and oxygen atoms in total. The van der Waals surface area contributed by atoms with Crippen LogP contribution in [0.1, 0.15) is 6.92 Å². The fourth-order valence-corrected chi connectivity index (χ4v) is 2.43. The molecule has 0 aliphatic heterocycles. The van der Waals surface area contributed by atoms with E-state index in [0.717, 1.165) is 9.26 Å². The Hall–Kier alpha value is -1.01. The van der Waals surface area contributed by atoms with E-state index < -0.39 is 0 Å². The summed E-state index contributed by atoms with van der Waals surface area (Å²) < 4.78 is 1.01. The maximum atomic E-state index is 12.2. The average molecular weight is 369 g/mol. The molecule has 1 aromatic carbocycles. The monoisotopic (exact) mass is 369 g/mol. The lowest BCUT2D eigenvalue weighted by Gasteiger charge is -2.16. The van der Waals surface area contributed by atoms with Gasteiger partial charge in [-0.2, -0.15) is 0 Å². The number of thiocarbonyl (C=S) groups is 1. The van der Waals surface area contributed by atoms with E-state index in [0.29, 0.717) is 10.4 Å². The molecule has 2 rings (SSSR count). The van der Waals surface area contributed by atoms with Gasteiger partial charge in [-0.15, -0.1) is 0 Å². The number of amides is 1. The zero-order valence-corrected chi connectivity index (χ0v) is 12.8. The first-order chi connectivity index (χ1) is 8.59. The van der Waals surface area contributed by atoms with Crippen molar-refractivity contribution in [2.24, 2.45) is 5.92 Å². The van der Waals surface area contributed by atoms with Crippen LogP contribution in [0.3, 0.4) is 0 Å². The molecule has 1 amide bonds. The van der Waals surface area contributed by atoms with E-state index in [1.807, 2.05) is 43.3 Å². The van der Waals surface area contributed by atoms with Gasteiger partial charge in [0.2, 0.25) is 0 Å². The molecule has 0 radical (unpaired) electrons. The van der Waals surface area contributed by atoms with Crippen LogP contribution in [0.2, 0.25) is 0 Å². The zero-order chi connectivity index (χ0) is 13.1. The molecule has 1 aliphatic rings. The van der Waals surface area contributed by atoms with Crippen molar-refractivity contribution in [2.45, 2.75) is 6.92 Å². The molecule has 0 fully saturated rings. The summed E-state index contributed by atoms with van der Waals surface area (Å²) in [4.78, 5) is 12.9. The normalized spacial score (nSPS) is 18.4. The topological polar surface area (TPSA) is 29.1 Å². The van der Waals surface area contributed by atoms with Crippen molar-refractivity contribution >= 4 is 51.3 Å². The molecule has 0 saturated carbocycles. The number of para-hydroxylation sites is 1. The summed E-state index contributed by atoms with van der Waals surface area (Å²) in [6.45, 7) is 1.99. The Morgan fingerprint density at radius 3 is 2.83 bits per heavy atom. The molecule has 1 unspecified atom stereocenters. The van der Waals surface area contributed by atoms with Crippen LogP contribution < -0.4 is 5.32 Å². The second-order valence-corrected chi connectivity index (χ2v) is 5.65. The third-order valence-electron chi connectivity index (χ3n) is 2.71. The van der Waals surface area contributed by atoms with Crippen LogP contribution in [-0.2, 0) is 4.79 Å². The Bertz CT molecular complexity index is 563. The van der Waals surface area contributed by atoms with Crippen LogP contribution in [0.5, 0.6) is 0 Å². The Kier molecular flexibility index (Phi) is 4.29. The van der Waals surface area contributed by atoms with Crippen molar-refractivity contribution in [3.05, 3.63) is 51.6 Å². The molecule has 1 N–H and O–H groups in total. The number of halogens is 1. The summed E-state index contributed by atoms with van der Waals surface area (Å²) in [6, 6.07) is 7.66. The lowest BCUT2D eigenvalue weighted by molar-refractivity contribution is -0.112. The van der Waals surface area contributed by atoms with Crippen molar-refractivity contribution in [1.29, 1.82) is 0 Å². The quantitative estimate of drug-likeness (QED) is 0.636. The fourth-order valence-electron chi connectivity index (χ4n) is 1.67. The number of rotatable bonds is 2. The van der Waals surface area contributed by atoms with E-state index in [1.54, 1.807) is 6.08 Å². The summed E-state index contributed by atoms with van der Waals surface area (Å²) in [5.41, 5.74) is 1.40. The second kappa shape index (κ2) is 5.75. The largest absolute Gasteiger partial charge is 0.321 e. The molecule has 0 bridgehead atoms. The third-order valence-corrected chi connectivity index (χ3v) is 4.24. The van der Waals surface area contributed by atoms with Gasteiger partial charge in [0.05, 0.1) is 11.3 Å². The second-order valence-electron chi connectivity index (χ2n) is 4.05. The van der Waals surface area contributed by atoms with Gasteiger partial charge >= 0.3 is 0 Å². The smallest absolute Gasteiger partial charge is 0.256 e. The number of hydrogen-bond donors (Lipinski definition) is 1. The molecule has 1 aromatic rings. The molecule has 0 heterocycles. The number of carbonyl (C=O) groups is 1. The number of anilines is 1. The molecule has 1 atom stereocenters. The first-order valence-corrected chi connectivity index (χ1v) is 7.07. The minimum Gasteiger partial charge on any atom is -0.321 e. The zero-order valence-electron chi connectivity index (χ0n) is 9.81. The summed E-state index contributed by atoms with van der Waals surface area (Å²) in [5.74, 6) is 0.000844. The van der Waals surface area contributed by atoms with Gasteiger partial charge in [-0.05, 0) is 40.8 Å². The number of nitrogens with one attached hydrogen (secondary N) is 1. The van der Waals surface area contributed by atoms with E-state index in [2.05, 4.69) is 27.9 Å². The highest BCUT2D eigenvalue weighted by Crippen LogP contribution is 2.21. The van der Waals surface area contributed by atoms with Crippen LogP contribution in [-0.4, -0.2) is 10.8 Å². The van der Waals surface area contributed by atoms with E-state index in [1.165, 1.54) is 0 Å². The Morgan fingerprint density at radius 1 is 1.39 bits per heavy atom. The van der Waals surface area contributed by atoms with E-state index in [9.17, 15) is 4.79 Å². The van der Waals surface area contributed by atoms with Crippen LogP contribution in [0.15, 0.2) is 48.1 Å². The van der Waals surface area contributed by atoms with Gasteiger partial charge in [0.25, 0.3) is 5.91 Å². The summed E-state index contributed by atoms with van der Waals surface area (Å²) in [7, 11) is 0. The van der Waals surface area contributed by atoms with Gasteiger partial charge < -0.3 is 5.32 Å². The third kappa shape index (κ3) is 2.87. The highest BCUT2D eigenvalue weighted by molar-refractivity contribution is 14.1. The summed E-state index contributed by atoms with van der Waals surface area (Å²) in [5, 5.41) is 2.89. The van der Waals surface area contributed by atoms with E-state index in [4.69, 9.17) is 12.2 Å². The number of allylic oxidation sites excluding steroid dienone is 3. The van der Waals surface area contributed by atoms with E-state index in [-0.39, 0.29) is 11.8 Å². The standard InChI is InChI=1S/C14H12INOS/c1-9-5-4-6-10(13(9)18)14(17)16-12-8-3-2-7-11(12)15/h2-9H,1H3,(H,16,17). The highest BCUT2D eigenvalue weighted by Gasteiger charge is 2.20. The van der Waals surface area contributed by atoms with Crippen LogP contribution in [0.25, 0.3) is 0 Å². The lowest BCUT2D eigenvalue weighted by atomic mass is 9.95. The van der Waals surface area contributed by atoms with Gasteiger partial charge in [-0.1, -0.05) is 43.4 Å². The van der Waals surface area contributed by atoms with Crippen LogP contribution in [0, 0.1) is 9.49 Å². The van der Waals surface area contributed by atoms with Crippen LogP contribution >= 0.6 is 34.8 Å². The average Bonchev–Trinajstić information content (AvgIpc) is 2.35. The predicted octanol–water partition coefficient (Wildman–Crippen LogP) is 3.73. The van der Waals surface area contributed by atoms with Gasteiger partial charge in [-0.3, -0.25) is 4.79 Å². The lowest BCUT2D eigenvalue weighted by Crippen LogP contribution is -2.24. The Labute approximate surface area is 125 Å².